The van der Waals surface area contributed by atoms with Crippen molar-refractivity contribution < 1.29 is 4.74 Å². The lowest BCUT2D eigenvalue weighted by molar-refractivity contribution is 0.00643. The van der Waals surface area contributed by atoms with E-state index in [4.69, 9.17) is 4.74 Å². The summed E-state index contributed by atoms with van der Waals surface area (Å²) >= 11 is 1.78. The first-order valence-electron chi connectivity index (χ1n) is 6.87. The van der Waals surface area contributed by atoms with Crippen molar-refractivity contribution in [1.29, 1.82) is 0 Å². The van der Waals surface area contributed by atoms with Crippen molar-refractivity contribution in [3.05, 3.63) is 22.4 Å². The predicted octanol–water partition coefficient (Wildman–Crippen LogP) is 3.86. The molecule has 0 aliphatic carbocycles. The number of hydrogen-bond acceptors (Lipinski definition) is 3. The first kappa shape index (κ1) is 15.7. The van der Waals surface area contributed by atoms with Gasteiger partial charge in [-0.25, -0.2) is 0 Å². The minimum Gasteiger partial charge on any atom is -0.379 e. The number of nitrogens with one attached hydrogen (secondary N) is 1. The van der Waals surface area contributed by atoms with Crippen molar-refractivity contribution >= 4 is 11.3 Å². The third kappa shape index (κ3) is 5.98. The number of hydrogen-bond donors (Lipinski definition) is 1. The first-order valence-corrected chi connectivity index (χ1v) is 7.81. The van der Waals surface area contributed by atoms with Gasteiger partial charge in [0.15, 0.2) is 0 Å². The molecule has 3 heteroatoms. The molecule has 0 spiro atoms. The Morgan fingerprint density at radius 1 is 1.44 bits per heavy atom. The van der Waals surface area contributed by atoms with Crippen molar-refractivity contribution in [2.45, 2.75) is 58.1 Å². The van der Waals surface area contributed by atoms with Gasteiger partial charge in [0.1, 0.15) is 0 Å². The van der Waals surface area contributed by atoms with Crippen LogP contribution in [0.5, 0.6) is 0 Å². The van der Waals surface area contributed by atoms with Crippen LogP contribution in [0.15, 0.2) is 16.8 Å². The highest BCUT2D eigenvalue weighted by molar-refractivity contribution is 7.07. The van der Waals surface area contributed by atoms with Gasteiger partial charge in [0, 0.05) is 13.2 Å². The van der Waals surface area contributed by atoms with Gasteiger partial charge in [0.2, 0.25) is 0 Å². The molecule has 1 unspecified atom stereocenters. The monoisotopic (exact) mass is 269 g/mol. The molecule has 0 aliphatic rings. The van der Waals surface area contributed by atoms with E-state index in [2.05, 4.69) is 42.9 Å². The number of thiophene rings is 1. The SMILES string of the molecule is CCCNC(CCc1ccsc1)CC(C)(C)OC. The minimum absolute atomic E-state index is 0.0416. The Morgan fingerprint density at radius 3 is 2.78 bits per heavy atom. The lowest BCUT2D eigenvalue weighted by atomic mass is 9.94. The molecule has 1 heterocycles. The standard InChI is InChI=1S/C15H27NOS/c1-5-9-16-14(11-15(2,3)17-4)7-6-13-8-10-18-12-13/h8,10,12,14,16H,5-7,9,11H2,1-4H3. The zero-order valence-corrected chi connectivity index (χ0v) is 13.0. The fraction of sp³-hybridized carbons (Fsp3) is 0.733. The van der Waals surface area contributed by atoms with Crippen molar-refractivity contribution in [2.24, 2.45) is 0 Å². The number of rotatable bonds is 9. The van der Waals surface area contributed by atoms with E-state index in [1.807, 2.05) is 0 Å². The summed E-state index contributed by atoms with van der Waals surface area (Å²) in [5.74, 6) is 0. The van der Waals surface area contributed by atoms with Gasteiger partial charge in [0.05, 0.1) is 5.60 Å². The van der Waals surface area contributed by atoms with Crippen molar-refractivity contribution in [1.82, 2.24) is 5.32 Å². The summed E-state index contributed by atoms with van der Waals surface area (Å²) in [6.07, 6.45) is 4.59. The molecule has 104 valence electrons. The van der Waals surface area contributed by atoms with Gasteiger partial charge in [0.25, 0.3) is 0 Å². The predicted molar refractivity (Wildman–Crippen MR) is 80.4 cm³/mol. The van der Waals surface area contributed by atoms with Crippen molar-refractivity contribution in [3.63, 3.8) is 0 Å². The van der Waals surface area contributed by atoms with Crippen LogP contribution >= 0.6 is 11.3 Å². The Balaban J connectivity index is 2.44. The second-order valence-corrected chi connectivity index (χ2v) is 6.27. The van der Waals surface area contributed by atoms with Gasteiger partial charge in [-0.15, -0.1) is 0 Å². The van der Waals surface area contributed by atoms with Crippen LogP contribution in [0, 0.1) is 0 Å². The fourth-order valence-corrected chi connectivity index (χ4v) is 2.78. The highest BCUT2D eigenvalue weighted by Crippen LogP contribution is 2.19. The number of ether oxygens (including phenoxy) is 1. The molecule has 0 saturated carbocycles. The molecule has 0 aliphatic heterocycles. The first-order chi connectivity index (χ1) is 8.57. The molecular weight excluding hydrogens is 242 g/mol. The molecule has 1 aromatic rings. The molecule has 1 aromatic heterocycles. The van der Waals surface area contributed by atoms with Gasteiger partial charge < -0.3 is 10.1 Å². The Labute approximate surface area is 116 Å². The van der Waals surface area contributed by atoms with Crippen molar-refractivity contribution in [2.75, 3.05) is 13.7 Å². The molecule has 2 nitrogen and oxygen atoms in total. The van der Waals surface area contributed by atoms with Gasteiger partial charge >= 0.3 is 0 Å². The highest BCUT2D eigenvalue weighted by atomic mass is 32.1. The molecule has 0 bridgehead atoms. The smallest absolute Gasteiger partial charge is 0.0637 e. The molecule has 0 amide bonds. The number of aryl methyl sites for hydroxylation is 1. The van der Waals surface area contributed by atoms with Gasteiger partial charge in [-0.3, -0.25) is 0 Å². The van der Waals surface area contributed by atoms with E-state index in [-0.39, 0.29) is 5.60 Å². The zero-order valence-electron chi connectivity index (χ0n) is 12.2. The second-order valence-electron chi connectivity index (χ2n) is 5.49. The quantitative estimate of drug-likeness (QED) is 0.735. The molecule has 18 heavy (non-hydrogen) atoms. The summed E-state index contributed by atoms with van der Waals surface area (Å²) in [7, 11) is 1.80. The van der Waals surface area contributed by atoms with Gasteiger partial charge in [-0.05, 0) is 68.5 Å². The van der Waals surface area contributed by atoms with E-state index >= 15 is 0 Å². The average molecular weight is 269 g/mol. The number of methoxy groups -OCH3 is 1. The van der Waals surface area contributed by atoms with E-state index in [1.165, 1.54) is 18.4 Å². The van der Waals surface area contributed by atoms with E-state index in [0.717, 1.165) is 19.4 Å². The Bertz CT molecular complexity index is 308. The third-order valence-electron chi connectivity index (χ3n) is 3.34. The van der Waals surface area contributed by atoms with Crippen molar-refractivity contribution in [3.8, 4) is 0 Å². The maximum atomic E-state index is 5.55. The maximum absolute atomic E-state index is 5.55. The Kier molecular flexibility index (Phi) is 6.90. The van der Waals surface area contributed by atoms with Crippen LogP contribution in [0.3, 0.4) is 0 Å². The lowest BCUT2D eigenvalue weighted by Gasteiger charge is -2.29. The second kappa shape index (κ2) is 7.93. The van der Waals surface area contributed by atoms with Crippen LogP contribution in [-0.4, -0.2) is 25.3 Å². The molecular formula is C15H27NOS. The normalized spacial score (nSPS) is 13.8. The van der Waals surface area contributed by atoms with E-state index in [1.54, 1.807) is 18.4 Å². The van der Waals surface area contributed by atoms with Crippen LogP contribution in [0.2, 0.25) is 0 Å². The lowest BCUT2D eigenvalue weighted by Crippen LogP contribution is -2.38. The molecule has 0 fully saturated rings. The van der Waals surface area contributed by atoms with E-state index in [9.17, 15) is 0 Å². The summed E-state index contributed by atoms with van der Waals surface area (Å²) in [6.45, 7) is 7.63. The fourth-order valence-electron chi connectivity index (χ4n) is 2.08. The Hall–Kier alpha value is -0.380. The maximum Gasteiger partial charge on any atom is 0.0637 e. The summed E-state index contributed by atoms with van der Waals surface area (Å²) < 4.78 is 5.55. The minimum atomic E-state index is -0.0416. The molecule has 1 N–H and O–H groups in total. The highest BCUT2D eigenvalue weighted by Gasteiger charge is 2.22. The molecule has 1 rings (SSSR count). The molecule has 0 saturated heterocycles. The summed E-state index contributed by atoms with van der Waals surface area (Å²) in [5, 5.41) is 8.05. The molecule has 0 radical (unpaired) electrons. The largest absolute Gasteiger partial charge is 0.379 e. The van der Waals surface area contributed by atoms with Crippen LogP contribution in [0.1, 0.15) is 45.6 Å². The van der Waals surface area contributed by atoms with E-state index in [0.29, 0.717) is 6.04 Å². The van der Waals surface area contributed by atoms with Crippen LogP contribution < -0.4 is 5.32 Å². The van der Waals surface area contributed by atoms with Crippen LogP contribution in [0.25, 0.3) is 0 Å². The summed E-state index contributed by atoms with van der Waals surface area (Å²) in [5.41, 5.74) is 1.42. The summed E-state index contributed by atoms with van der Waals surface area (Å²) in [6, 6.07) is 2.77. The Morgan fingerprint density at radius 2 is 2.22 bits per heavy atom. The van der Waals surface area contributed by atoms with Gasteiger partial charge in [-0.2, -0.15) is 11.3 Å². The van der Waals surface area contributed by atoms with Crippen LogP contribution in [0.4, 0.5) is 0 Å². The van der Waals surface area contributed by atoms with E-state index < -0.39 is 0 Å². The zero-order chi connectivity index (χ0) is 13.4. The third-order valence-corrected chi connectivity index (χ3v) is 4.07. The molecule has 0 aromatic carbocycles. The van der Waals surface area contributed by atoms with Crippen LogP contribution in [-0.2, 0) is 11.2 Å². The molecule has 1 atom stereocenters. The summed E-state index contributed by atoms with van der Waals surface area (Å²) in [4.78, 5) is 0. The van der Waals surface area contributed by atoms with Gasteiger partial charge in [-0.1, -0.05) is 6.92 Å². The topological polar surface area (TPSA) is 21.3 Å². The average Bonchev–Trinajstić information content (AvgIpc) is 2.85.